The molecular formula is C24H32N2O4. The van der Waals surface area contributed by atoms with Crippen LogP contribution >= 0.6 is 0 Å². The predicted octanol–water partition coefficient (Wildman–Crippen LogP) is 2.96. The summed E-state index contributed by atoms with van der Waals surface area (Å²) in [4.78, 5) is 17.7. The van der Waals surface area contributed by atoms with Crippen molar-refractivity contribution >= 4 is 5.91 Å². The van der Waals surface area contributed by atoms with Crippen molar-refractivity contribution in [3.05, 3.63) is 29.8 Å². The third kappa shape index (κ3) is 3.08. The topological polar surface area (TPSA) is 51.2 Å². The standard InChI is InChI=1S/C24H32N2O4/c1-28-20-12-16(13-21(29-2)22(20)30-3)15-25-8-10-26(11-9-25)23(27)18-14-17-4-5-19(18)24(17)6-7-24/h4-5,12-13,17-19H,6-11,14-15H2,1-3H3/t17-,18+,19-/m1/s1. The maximum atomic E-state index is 13.2. The Balaban J connectivity index is 1.20. The van der Waals surface area contributed by atoms with Gasteiger partial charge in [-0.1, -0.05) is 12.2 Å². The van der Waals surface area contributed by atoms with Crippen molar-refractivity contribution in [2.45, 2.75) is 25.8 Å². The van der Waals surface area contributed by atoms with Crippen LogP contribution in [0.25, 0.3) is 0 Å². The minimum Gasteiger partial charge on any atom is -0.493 e. The fraction of sp³-hybridized carbons (Fsp3) is 0.625. The molecule has 30 heavy (non-hydrogen) atoms. The zero-order valence-electron chi connectivity index (χ0n) is 18.2. The van der Waals surface area contributed by atoms with Crippen molar-refractivity contribution in [1.82, 2.24) is 9.80 Å². The van der Waals surface area contributed by atoms with Crippen molar-refractivity contribution in [2.75, 3.05) is 47.5 Å². The fourth-order valence-electron chi connectivity index (χ4n) is 6.10. The molecule has 1 aromatic rings. The number of piperazine rings is 1. The monoisotopic (exact) mass is 412 g/mol. The first-order valence-electron chi connectivity index (χ1n) is 11.1. The molecule has 162 valence electrons. The Morgan fingerprint density at radius 3 is 2.20 bits per heavy atom. The number of rotatable bonds is 6. The van der Waals surface area contributed by atoms with Gasteiger partial charge in [0.25, 0.3) is 0 Å². The zero-order valence-corrected chi connectivity index (χ0v) is 18.2. The van der Waals surface area contributed by atoms with Crippen LogP contribution in [0.2, 0.25) is 0 Å². The van der Waals surface area contributed by atoms with Crippen LogP contribution < -0.4 is 14.2 Å². The molecule has 1 spiro atoms. The van der Waals surface area contributed by atoms with E-state index >= 15 is 0 Å². The summed E-state index contributed by atoms with van der Waals surface area (Å²) in [7, 11) is 4.90. The second-order valence-corrected chi connectivity index (χ2v) is 9.23. The van der Waals surface area contributed by atoms with Gasteiger partial charge in [0.2, 0.25) is 11.7 Å². The normalized spacial score (nSPS) is 28.8. The highest BCUT2D eigenvalue weighted by molar-refractivity contribution is 5.80. The van der Waals surface area contributed by atoms with Crippen molar-refractivity contribution in [3.8, 4) is 17.2 Å². The summed E-state index contributed by atoms with van der Waals surface area (Å²) in [6, 6.07) is 4.02. The molecule has 2 bridgehead atoms. The van der Waals surface area contributed by atoms with Crippen LogP contribution in [-0.4, -0.2) is 63.2 Å². The molecule has 2 saturated carbocycles. The Bertz CT molecular complexity index is 830. The second kappa shape index (κ2) is 7.49. The Morgan fingerprint density at radius 2 is 1.67 bits per heavy atom. The number of hydrogen-bond donors (Lipinski definition) is 0. The number of allylic oxidation sites excluding steroid dienone is 2. The van der Waals surface area contributed by atoms with Crippen molar-refractivity contribution in [1.29, 1.82) is 0 Å². The van der Waals surface area contributed by atoms with Crippen LogP contribution in [-0.2, 0) is 11.3 Å². The van der Waals surface area contributed by atoms with Gasteiger partial charge < -0.3 is 19.1 Å². The molecule has 3 atom stereocenters. The first-order valence-corrected chi connectivity index (χ1v) is 11.1. The molecule has 3 fully saturated rings. The summed E-state index contributed by atoms with van der Waals surface area (Å²) in [6.07, 6.45) is 8.45. The van der Waals surface area contributed by atoms with Gasteiger partial charge >= 0.3 is 0 Å². The highest BCUT2D eigenvalue weighted by Crippen LogP contribution is 2.70. The lowest BCUT2D eigenvalue weighted by Crippen LogP contribution is -2.50. The molecule has 6 nitrogen and oxygen atoms in total. The molecule has 0 radical (unpaired) electrons. The van der Waals surface area contributed by atoms with Crippen LogP contribution in [0.5, 0.6) is 17.2 Å². The lowest BCUT2D eigenvalue weighted by Gasteiger charge is -2.37. The Hall–Kier alpha value is -2.21. The molecular weight excluding hydrogens is 380 g/mol. The van der Waals surface area contributed by atoms with Crippen LogP contribution in [0, 0.1) is 23.2 Å². The van der Waals surface area contributed by atoms with Gasteiger partial charge in [0.1, 0.15) is 0 Å². The van der Waals surface area contributed by atoms with Gasteiger partial charge in [0, 0.05) is 38.6 Å². The van der Waals surface area contributed by atoms with Crippen molar-refractivity contribution < 1.29 is 19.0 Å². The van der Waals surface area contributed by atoms with E-state index in [2.05, 4.69) is 22.0 Å². The molecule has 0 aromatic heterocycles. The number of ether oxygens (including phenoxy) is 3. The first kappa shape index (κ1) is 19.7. The molecule has 3 aliphatic carbocycles. The molecule has 1 aromatic carbocycles. The Kier molecular flexibility index (Phi) is 4.92. The van der Waals surface area contributed by atoms with E-state index < -0.39 is 0 Å². The molecule has 0 unspecified atom stereocenters. The Labute approximate surface area is 178 Å². The van der Waals surface area contributed by atoms with E-state index in [1.165, 1.54) is 12.8 Å². The molecule has 1 heterocycles. The van der Waals surface area contributed by atoms with E-state index in [1.54, 1.807) is 21.3 Å². The van der Waals surface area contributed by atoms with E-state index in [0.29, 0.717) is 40.4 Å². The average molecular weight is 413 g/mol. The maximum Gasteiger partial charge on any atom is 0.226 e. The van der Waals surface area contributed by atoms with Gasteiger partial charge in [0.05, 0.1) is 21.3 Å². The van der Waals surface area contributed by atoms with Crippen LogP contribution in [0.4, 0.5) is 0 Å². The number of hydrogen-bond acceptors (Lipinski definition) is 5. The van der Waals surface area contributed by atoms with Gasteiger partial charge in [-0.15, -0.1) is 0 Å². The number of carbonyl (C=O) groups is 1. The molecule has 1 aliphatic heterocycles. The smallest absolute Gasteiger partial charge is 0.226 e. The number of nitrogens with zero attached hydrogens (tertiary/aromatic N) is 2. The zero-order chi connectivity index (χ0) is 20.9. The number of carbonyl (C=O) groups excluding carboxylic acids is 1. The molecule has 0 N–H and O–H groups in total. The quantitative estimate of drug-likeness (QED) is 0.673. The summed E-state index contributed by atoms with van der Waals surface area (Å²) in [6.45, 7) is 4.22. The third-order valence-corrected chi connectivity index (χ3v) is 7.85. The molecule has 1 amide bonds. The van der Waals surface area contributed by atoms with Crippen molar-refractivity contribution in [2.24, 2.45) is 23.2 Å². The summed E-state index contributed by atoms with van der Waals surface area (Å²) in [5, 5.41) is 0. The van der Waals surface area contributed by atoms with E-state index in [4.69, 9.17) is 14.2 Å². The van der Waals surface area contributed by atoms with E-state index in [0.717, 1.165) is 44.7 Å². The SMILES string of the molecule is COc1cc(CN2CCN(C(=O)[C@H]3C[C@H]4C=C[C@H]3C43CC3)CC2)cc(OC)c1OC. The summed E-state index contributed by atoms with van der Waals surface area (Å²) >= 11 is 0. The summed E-state index contributed by atoms with van der Waals surface area (Å²) < 4.78 is 16.4. The minimum absolute atomic E-state index is 0.226. The molecule has 5 rings (SSSR count). The fourth-order valence-corrected chi connectivity index (χ4v) is 6.10. The predicted molar refractivity (Wildman–Crippen MR) is 114 cm³/mol. The minimum atomic E-state index is 0.226. The van der Waals surface area contributed by atoms with Gasteiger partial charge in [-0.2, -0.15) is 0 Å². The lowest BCUT2D eigenvalue weighted by molar-refractivity contribution is -0.138. The number of methoxy groups -OCH3 is 3. The largest absolute Gasteiger partial charge is 0.493 e. The number of benzene rings is 1. The van der Waals surface area contributed by atoms with Crippen LogP contribution in [0.3, 0.4) is 0 Å². The average Bonchev–Trinajstić information content (AvgIpc) is 3.45. The second-order valence-electron chi connectivity index (χ2n) is 9.23. The molecule has 1 saturated heterocycles. The molecule has 4 aliphatic rings. The lowest BCUT2D eigenvalue weighted by atomic mass is 9.88. The number of amides is 1. The van der Waals surface area contributed by atoms with Gasteiger partial charge in [-0.3, -0.25) is 9.69 Å². The van der Waals surface area contributed by atoms with Crippen LogP contribution in [0.15, 0.2) is 24.3 Å². The highest BCUT2D eigenvalue weighted by atomic mass is 16.5. The van der Waals surface area contributed by atoms with Gasteiger partial charge in [-0.05, 0) is 54.2 Å². The van der Waals surface area contributed by atoms with E-state index in [-0.39, 0.29) is 5.92 Å². The van der Waals surface area contributed by atoms with E-state index in [9.17, 15) is 4.79 Å². The Morgan fingerprint density at radius 1 is 1.00 bits per heavy atom. The maximum absolute atomic E-state index is 13.2. The summed E-state index contributed by atoms with van der Waals surface area (Å²) in [5.74, 6) is 3.77. The molecule has 6 heteroatoms. The van der Waals surface area contributed by atoms with Crippen LogP contribution in [0.1, 0.15) is 24.8 Å². The highest BCUT2D eigenvalue weighted by Gasteiger charge is 2.64. The van der Waals surface area contributed by atoms with E-state index in [1.807, 2.05) is 12.1 Å². The van der Waals surface area contributed by atoms with Crippen molar-refractivity contribution in [3.63, 3.8) is 0 Å². The first-order chi connectivity index (χ1) is 14.6. The summed E-state index contributed by atoms with van der Waals surface area (Å²) in [5.41, 5.74) is 1.60. The van der Waals surface area contributed by atoms with Gasteiger partial charge in [0.15, 0.2) is 11.5 Å². The van der Waals surface area contributed by atoms with Gasteiger partial charge in [-0.25, -0.2) is 0 Å². The third-order valence-electron chi connectivity index (χ3n) is 7.85.